The summed E-state index contributed by atoms with van der Waals surface area (Å²) in [7, 11) is 0. The van der Waals surface area contributed by atoms with Gasteiger partial charge in [-0.15, -0.1) is 5.10 Å². The number of hydrogen-bond donors (Lipinski definition) is 2. The number of hydrazone groups is 1. The largest absolute Gasteiger partial charge is 0.482 e. The van der Waals surface area contributed by atoms with E-state index in [-0.39, 0.29) is 23.7 Å². The summed E-state index contributed by atoms with van der Waals surface area (Å²) in [6.45, 7) is 2.75. The highest BCUT2D eigenvalue weighted by atomic mass is 16.5. The van der Waals surface area contributed by atoms with Crippen LogP contribution >= 0.6 is 0 Å². The molecule has 1 atom stereocenters. The summed E-state index contributed by atoms with van der Waals surface area (Å²) in [5.41, 5.74) is 2.76. The van der Waals surface area contributed by atoms with E-state index in [1.54, 1.807) is 36.1 Å². The van der Waals surface area contributed by atoms with Crippen LogP contribution in [0.2, 0.25) is 0 Å². The van der Waals surface area contributed by atoms with Crippen LogP contribution in [0.4, 0.5) is 16.3 Å². The van der Waals surface area contributed by atoms with Crippen molar-refractivity contribution >= 4 is 29.8 Å². The van der Waals surface area contributed by atoms with Crippen molar-refractivity contribution in [1.29, 1.82) is 0 Å². The Morgan fingerprint density at radius 3 is 2.93 bits per heavy atom. The van der Waals surface area contributed by atoms with Crippen molar-refractivity contribution in [2.45, 2.75) is 25.8 Å². The van der Waals surface area contributed by atoms with Gasteiger partial charge in [-0.1, -0.05) is 18.2 Å². The summed E-state index contributed by atoms with van der Waals surface area (Å²) >= 11 is 0. The van der Waals surface area contributed by atoms with E-state index >= 15 is 0 Å². The number of para-hydroxylation sites is 1. The number of ether oxygens (including phenoxy) is 1. The number of aromatic amines is 1. The van der Waals surface area contributed by atoms with E-state index in [1.807, 2.05) is 6.07 Å². The first-order chi connectivity index (χ1) is 14.1. The van der Waals surface area contributed by atoms with Gasteiger partial charge in [0.15, 0.2) is 12.2 Å². The van der Waals surface area contributed by atoms with Crippen LogP contribution in [-0.4, -0.2) is 46.4 Å². The number of carbonyl (C=O) groups is 2. The van der Waals surface area contributed by atoms with Gasteiger partial charge in [0, 0.05) is 6.54 Å². The number of nitrogens with zero attached hydrogens (tertiary/aromatic N) is 4. The van der Waals surface area contributed by atoms with Crippen molar-refractivity contribution in [3.8, 4) is 0 Å². The molecule has 2 aromatic rings. The molecule has 1 fully saturated rings. The van der Waals surface area contributed by atoms with Gasteiger partial charge < -0.3 is 14.6 Å². The second kappa shape index (κ2) is 7.74. The topological polar surface area (TPSA) is 120 Å². The zero-order chi connectivity index (χ0) is 20.4. The summed E-state index contributed by atoms with van der Waals surface area (Å²) in [5, 5.41) is 3.63. The Balaban J connectivity index is 1.79. The summed E-state index contributed by atoms with van der Waals surface area (Å²) in [6.07, 6.45) is 2.56. The Morgan fingerprint density at radius 1 is 1.38 bits per heavy atom. The zero-order valence-electron chi connectivity index (χ0n) is 15.8. The Bertz CT molecular complexity index is 1020. The van der Waals surface area contributed by atoms with E-state index in [2.05, 4.69) is 20.5 Å². The molecule has 1 aromatic carbocycles. The first-order valence-electron chi connectivity index (χ1n) is 9.35. The van der Waals surface area contributed by atoms with E-state index in [9.17, 15) is 14.4 Å². The van der Waals surface area contributed by atoms with Crippen LogP contribution in [0.3, 0.4) is 0 Å². The maximum Gasteiger partial charge on any atom is 0.330 e. The molecule has 2 aliphatic heterocycles. The molecule has 1 unspecified atom stereocenters. The predicted octanol–water partition coefficient (Wildman–Crippen LogP) is 1.89. The molecule has 29 heavy (non-hydrogen) atoms. The van der Waals surface area contributed by atoms with Crippen molar-refractivity contribution in [1.82, 2.24) is 20.3 Å². The van der Waals surface area contributed by atoms with Crippen LogP contribution in [0, 0.1) is 0 Å². The van der Waals surface area contributed by atoms with E-state index < -0.39 is 11.5 Å². The Kier molecular flexibility index (Phi) is 4.98. The second-order valence-electron chi connectivity index (χ2n) is 6.59. The molecule has 3 amide bonds. The molecule has 2 N–H and O–H groups in total. The van der Waals surface area contributed by atoms with Crippen LogP contribution in [0.15, 0.2) is 40.2 Å². The maximum absolute atomic E-state index is 13.2. The molecule has 0 aliphatic carbocycles. The first-order valence-corrected chi connectivity index (χ1v) is 9.35. The molecule has 150 valence electrons. The minimum atomic E-state index is -0.713. The van der Waals surface area contributed by atoms with E-state index in [4.69, 9.17) is 4.74 Å². The molecule has 10 heteroatoms. The normalized spacial score (nSPS) is 18.0. The zero-order valence-corrected chi connectivity index (χ0v) is 15.8. The number of amides is 3. The number of urea groups is 1. The van der Waals surface area contributed by atoms with Crippen molar-refractivity contribution in [3.05, 3.63) is 52.1 Å². The maximum atomic E-state index is 13.2. The van der Waals surface area contributed by atoms with Gasteiger partial charge in [0.2, 0.25) is 5.82 Å². The third-order valence-corrected chi connectivity index (χ3v) is 4.86. The van der Waals surface area contributed by atoms with E-state index in [0.717, 1.165) is 12.8 Å². The molecule has 0 saturated carbocycles. The minimum absolute atomic E-state index is 0.173. The highest BCUT2D eigenvalue weighted by Gasteiger charge is 2.44. The minimum Gasteiger partial charge on any atom is -0.482 e. The quantitative estimate of drug-likeness (QED) is 0.454. The average molecular weight is 396 g/mol. The van der Waals surface area contributed by atoms with Crippen LogP contribution in [0.1, 0.15) is 42.0 Å². The lowest BCUT2D eigenvalue weighted by molar-refractivity contribution is 0.0942. The Hall–Kier alpha value is -3.69. The van der Waals surface area contributed by atoms with Crippen molar-refractivity contribution < 1.29 is 14.3 Å². The van der Waals surface area contributed by atoms with E-state index in [0.29, 0.717) is 30.8 Å². The lowest BCUT2D eigenvalue weighted by Gasteiger charge is -2.37. The predicted molar refractivity (Wildman–Crippen MR) is 105 cm³/mol. The highest BCUT2D eigenvalue weighted by Crippen LogP contribution is 2.42. The van der Waals surface area contributed by atoms with Crippen LogP contribution in [-0.2, 0) is 4.74 Å². The lowest BCUT2D eigenvalue weighted by atomic mass is 10.0. The van der Waals surface area contributed by atoms with Gasteiger partial charge in [-0.25, -0.2) is 20.1 Å². The molecule has 4 rings (SSSR count). The summed E-state index contributed by atoms with van der Waals surface area (Å²) in [6, 6.07) is 8.33. The third kappa shape index (κ3) is 3.33. The van der Waals surface area contributed by atoms with Crippen molar-refractivity contribution in [2.24, 2.45) is 5.10 Å². The number of carbonyl (C=O) groups excluding carboxylic acids is 2. The molecule has 1 saturated heterocycles. The number of fused-ring (bicyclic) bond motifs is 3. The smallest absolute Gasteiger partial charge is 0.330 e. The Labute approximate surface area is 166 Å². The molecule has 10 nitrogen and oxygen atoms in total. The fourth-order valence-electron chi connectivity index (χ4n) is 3.62. The Morgan fingerprint density at radius 2 is 2.17 bits per heavy atom. The van der Waals surface area contributed by atoms with Gasteiger partial charge in [0.05, 0.1) is 23.9 Å². The second-order valence-corrected chi connectivity index (χ2v) is 6.59. The number of anilines is 2. The summed E-state index contributed by atoms with van der Waals surface area (Å²) in [4.78, 5) is 48.3. The van der Waals surface area contributed by atoms with Crippen LogP contribution in [0.5, 0.6) is 0 Å². The number of H-pyrrole nitrogens is 1. The van der Waals surface area contributed by atoms with Gasteiger partial charge in [0.25, 0.3) is 5.56 Å². The van der Waals surface area contributed by atoms with Crippen LogP contribution < -0.4 is 15.9 Å². The third-order valence-electron chi connectivity index (χ3n) is 4.86. The molecule has 0 bridgehead atoms. The average Bonchev–Trinajstić information content (AvgIpc) is 3.21. The summed E-state index contributed by atoms with van der Waals surface area (Å²) in [5.74, 6) is -0.773. The summed E-state index contributed by atoms with van der Waals surface area (Å²) < 4.78 is 4.91. The van der Waals surface area contributed by atoms with E-state index in [1.165, 1.54) is 4.90 Å². The molecular weight excluding hydrogens is 376 g/mol. The number of benzene rings is 1. The molecule has 2 aliphatic rings. The number of aromatic nitrogens is 2. The van der Waals surface area contributed by atoms with Crippen molar-refractivity contribution in [2.75, 3.05) is 18.1 Å². The highest BCUT2D eigenvalue weighted by molar-refractivity contribution is 6.02. The number of nitrogens with one attached hydrogen (secondary N) is 2. The molecular formula is C19H20N6O4. The number of rotatable bonds is 5. The van der Waals surface area contributed by atoms with Gasteiger partial charge in [-0.2, -0.15) is 0 Å². The SMILES string of the molecule is CCO/C=N/NC(=O)c1nc2c(c(=O)[nH]1)C1CCCN1C(=O)N2c1ccccc1. The fourth-order valence-corrected chi connectivity index (χ4v) is 3.62. The van der Waals surface area contributed by atoms with Crippen LogP contribution in [0.25, 0.3) is 0 Å². The fraction of sp³-hybridized carbons (Fsp3) is 0.316. The molecule has 0 radical (unpaired) electrons. The van der Waals surface area contributed by atoms with Gasteiger partial charge in [-0.05, 0) is 31.9 Å². The molecule has 3 heterocycles. The first kappa shape index (κ1) is 18.7. The van der Waals surface area contributed by atoms with Crippen molar-refractivity contribution in [3.63, 3.8) is 0 Å². The van der Waals surface area contributed by atoms with Gasteiger partial charge >= 0.3 is 11.9 Å². The monoisotopic (exact) mass is 396 g/mol. The molecule has 0 spiro atoms. The van der Waals surface area contributed by atoms with Gasteiger partial charge in [-0.3, -0.25) is 9.59 Å². The lowest BCUT2D eigenvalue weighted by Crippen LogP contribution is -2.48. The standard InChI is InChI=1S/C19H20N6O4/c1-2-29-11-20-23-18(27)15-21-16-14(17(26)22-15)13-9-6-10-24(13)19(28)25(16)12-7-4-3-5-8-12/h3-5,7-8,11,13H,2,6,9-10H2,1H3,(H,23,27)(H,21,22,26)/b20-11+. The molecule has 1 aromatic heterocycles. The number of hydrogen-bond acceptors (Lipinski definition) is 6. The van der Waals surface area contributed by atoms with Gasteiger partial charge in [0.1, 0.15) is 0 Å².